The number of pyridine rings is 1. The van der Waals surface area contributed by atoms with E-state index in [1.165, 1.54) is 0 Å². The third kappa shape index (κ3) is 1.84. The van der Waals surface area contributed by atoms with Crippen LogP contribution in [0.2, 0.25) is 0 Å². The second kappa shape index (κ2) is 3.64. The van der Waals surface area contributed by atoms with Gasteiger partial charge in [-0.25, -0.2) is 0 Å². The van der Waals surface area contributed by atoms with Crippen LogP contribution in [0.4, 0.5) is 0 Å². The quantitative estimate of drug-likeness (QED) is 0.706. The molecule has 0 N–H and O–H groups in total. The summed E-state index contributed by atoms with van der Waals surface area (Å²) < 4.78 is -0.211. The fourth-order valence-electron chi connectivity index (χ4n) is 1.20. The fourth-order valence-corrected chi connectivity index (χ4v) is 1.58. The number of hydrogen-bond acceptors (Lipinski definition) is 1. The second-order valence-electron chi connectivity index (χ2n) is 2.73. The molecule has 66 valence electrons. The predicted molar refractivity (Wildman–Crippen MR) is 59.3 cm³/mol. The third-order valence-electron chi connectivity index (χ3n) is 1.84. The van der Waals surface area contributed by atoms with Crippen molar-refractivity contribution in [1.29, 1.82) is 0 Å². The third-order valence-corrected chi connectivity index (χ3v) is 2.54. The van der Waals surface area contributed by atoms with Crippen molar-refractivity contribution in [1.82, 2.24) is 4.98 Å². The van der Waals surface area contributed by atoms with Gasteiger partial charge < -0.3 is 0 Å². The number of fused-ring (bicyclic) bond motifs is 1. The van der Waals surface area contributed by atoms with Crippen LogP contribution in [0.1, 0.15) is 9.98 Å². The molecular weight excluding hydrogens is 249 g/mol. The monoisotopic (exact) mass is 255 g/mol. The van der Waals surface area contributed by atoms with Gasteiger partial charge in [-0.15, -0.1) is 11.6 Å². The summed E-state index contributed by atoms with van der Waals surface area (Å²) in [6, 6.07) is 11.9. The van der Waals surface area contributed by atoms with E-state index in [1.54, 1.807) is 0 Å². The Morgan fingerprint density at radius 2 is 1.92 bits per heavy atom. The maximum Gasteiger partial charge on any atom is 0.130 e. The van der Waals surface area contributed by atoms with Crippen molar-refractivity contribution in [2.75, 3.05) is 0 Å². The zero-order valence-electron chi connectivity index (χ0n) is 6.74. The number of aromatic nitrogens is 1. The predicted octanol–water partition coefficient (Wildman–Crippen LogP) is 3.87. The summed E-state index contributed by atoms with van der Waals surface area (Å²) in [6.45, 7) is 0. The number of alkyl halides is 2. The molecule has 2 aromatic rings. The van der Waals surface area contributed by atoms with Crippen LogP contribution in [0.5, 0.6) is 0 Å². The zero-order valence-corrected chi connectivity index (χ0v) is 9.09. The summed E-state index contributed by atoms with van der Waals surface area (Å²) in [6.07, 6.45) is 0. The molecule has 0 aliphatic carbocycles. The lowest BCUT2D eigenvalue weighted by atomic mass is 10.2. The van der Waals surface area contributed by atoms with Crippen LogP contribution in [0.15, 0.2) is 36.4 Å². The minimum absolute atomic E-state index is 0.211. The molecule has 1 aromatic heterocycles. The van der Waals surface area contributed by atoms with Crippen molar-refractivity contribution in [3.63, 3.8) is 0 Å². The van der Waals surface area contributed by atoms with E-state index in [9.17, 15) is 0 Å². The van der Waals surface area contributed by atoms with Crippen molar-refractivity contribution in [2.24, 2.45) is 0 Å². The van der Waals surface area contributed by atoms with E-state index in [1.807, 2.05) is 36.4 Å². The molecule has 0 radical (unpaired) electrons. The first-order valence-electron chi connectivity index (χ1n) is 3.91. The molecule has 1 aromatic carbocycles. The number of halogens is 2. The van der Waals surface area contributed by atoms with Crippen LogP contribution < -0.4 is 0 Å². The molecule has 0 bridgehead atoms. The normalized spacial score (nSPS) is 13.1. The van der Waals surface area contributed by atoms with E-state index in [0.29, 0.717) is 0 Å². The molecule has 1 nitrogen and oxygen atoms in total. The summed E-state index contributed by atoms with van der Waals surface area (Å²) in [7, 11) is 0. The minimum atomic E-state index is -0.211. The maximum absolute atomic E-state index is 5.86. The molecular formula is C10H7BrClN. The lowest BCUT2D eigenvalue weighted by molar-refractivity contribution is 1.21. The molecule has 1 atom stereocenters. The van der Waals surface area contributed by atoms with Crippen LogP contribution in [0.25, 0.3) is 10.9 Å². The van der Waals surface area contributed by atoms with E-state index in [-0.39, 0.29) is 4.29 Å². The Morgan fingerprint density at radius 3 is 2.69 bits per heavy atom. The van der Waals surface area contributed by atoms with E-state index in [2.05, 4.69) is 20.9 Å². The summed E-state index contributed by atoms with van der Waals surface area (Å²) in [5.41, 5.74) is 1.82. The van der Waals surface area contributed by atoms with E-state index < -0.39 is 0 Å². The number of nitrogens with zero attached hydrogens (tertiary/aromatic N) is 1. The number of para-hydroxylation sites is 1. The first-order chi connectivity index (χ1) is 6.27. The molecule has 0 spiro atoms. The molecule has 0 amide bonds. The average molecular weight is 257 g/mol. The molecule has 0 saturated carbocycles. The molecule has 2 rings (SSSR count). The highest BCUT2D eigenvalue weighted by molar-refractivity contribution is 9.09. The van der Waals surface area contributed by atoms with Gasteiger partial charge in [-0.2, -0.15) is 0 Å². The minimum Gasteiger partial charge on any atom is -0.250 e. The van der Waals surface area contributed by atoms with Crippen LogP contribution in [0, 0.1) is 0 Å². The van der Waals surface area contributed by atoms with Crippen molar-refractivity contribution in [3.8, 4) is 0 Å². The number of rotatable bonds is 1. The molecule has 1 heterocycles. The Bertz CT molecular complexity index is 428. The van der Waals surface area contributed by atoms with E-state index >= 15 is 0 Å². The van der Waals surface area contributed by atoms with E-state index in [0.717, 1.165) is 16.6 Å². The van der Waals surface area contributed by atoms with Crippen molar-refractivity contribution in [3.05, 3.63) is 42.1 Å². The molecule has 0 aliphatic heterocycles. The molecule has 13 heavy (non-hydrogen) atoms. The van der Waals surface area contributed by atoms with Crippen LogP contribution in [-0.2, 0) is 0 Å². The van der Waals surface area contributed by atoms with Gasteiger partial charge in [0, 0.05) is 5.39 Å². The zero-order chi connectivity index (χ0) is 9.26. The Hall–Kier alpha value is -0.600. The summed E-state index contributed by atoms with van der Waals surface area (Å²) in [4.78, 5) is 4.40. The fraction of sp³-hybridized carbons (Fsp3) is 0.100. The SMILES string of the molecule is Cl[C@@H](Br)c1ccc2ccccc2n1. The summed E-state index contributed by atoms with van der Waals surface area (Å²) in [5.74, 6) is 0. The highest BCUT2D eigenvalue weighted by atomic mass is 79.9. The maximum atomic E-state index is 5.86. The Labute approximate surface area is 89.9 Å². The largest absolute Gasteiger partial charge is 0.250 e. The molecule has 0 aliphatic rings. The van der Waals surface area contributed by atoms with Gasteiger partial charge >= 0.3 is 0 Å². The van der Waals surface area contributed by atoms with Crippen molar-refractivity contribution >= 4 is 38.4 Å². The van der Waals surface area contributed by atoms with Crippen LogP contribution >= 0.6 is 27.5 Å². The van der Waals surface area contributed by atoms with Gasteiger partial charge in [0.2, 0.25) is 0 Å². The van der Waals surface area contributed by atoms with Crippen molar-refractivity contribution < 1.29 is 0 Å². The Morgan fingerprint density at radius 1 is 1.15 bits per heavy atom. The van der Waals surface area contributed by atoms with Crippen LogP contribution in [0.3, 0.4) is 0 Å². The Balaban J connectivity index is 2.62. The van der Waals surface area contributed by atoms with Gasteiger partial charge in [-0.1, -0.05) is 40.2 Å². The lowest BCUT2D eigenvalue weighted by Crippen LogP contribution is -1.87. The summed E-state index contributed by atoms with van der Waals surface area (Å²) >= 11 is 9.13. The van der Waals surface area contributed by atoms with Gasteiger partial charge in [-0.05, 0) is 12.1 Å². The van der Waals surface area contributed by atoms with Gasteiger partial charge in [0.05, 0.1) is 11.2 Å². The van der Waals surface area contributed by atoms with Gasteiger partial charge in [-0.3, -0.25) is 4.98 Å². The van der Waals surface area contributed by atoms with Gasteiger partial charge in [0.1, 0.15) is 4.29 Å². The van der Waals surface area contributed by atoms with Crippen molar-refractivity contribution in [2.45, 2.75) is 4.29 Å². The topological polar surface area (TPSA) is 12.9 Å². The van der Waals surface area contributed by atoms with Gasteiger partial charge in [0.25, 0.3) is 0 Å². The smallest absolute Gasteiger partial charge is 0.130 e. The standard InChI is InChI=1S/C10H7BrClN/c11-10(12)9-6-5-7-3-1-2-4-8(7)13-9/h1-6,10H/t10-/m1/s1. The second-order valence-corrected chi connectivity index (χ2v) is 4.61. The van der Waals surface area contributed by atoms with Gasteiger partial charge in [0.15, 0.2) is 0 Å². The number of hydrogen-bond donors (Lipinski definition) is 0. The molecule has 0 fully saturated rings. The number of benzene rings is 1. The summed E-state index contributed by atoms with van der Waals surface area (Å²) in [5, 5.41) is 1.14. The Kier molecular flexibility index (Phi) is 2.51. The molecule has 3 heteroatoms. The first-order valence-corrected chi connectivity index (χ1v) is 5.26. The lowest BCUT2D eigenvalue weighted by Gasteiger charge is -2.02. The molecule has 0 saturated heterocycles. The highest BCUT2D eigenvalue weighted by Crippen LogP contribution is 2.26. The molecule has 0 unspecified atom stereocenters. The highest BCUT2D eigenvalue weighted by Gasteiger charge is 2.04. The average Bonchev–Trinajstić information content (AvgIpc) is 2.17. The van der Waals surface area contributed by atoms with E-state index in [4.69, 9.17) is 11.6 Å². The van der Waals surface area contributed by atoms with Crippen LogP contribution in [-0.4, -0.2) is 4.98 Å². The first kappa shape index (κ1) is 8.97.